The fourth-order valence-corrected chi connectivity index (χ4v) is 6.22. The maximum Gasteiger partial charge on any atom is 0.274 e. The Balaban J connectivity index is 1.09. The van der Waals surface area contributed by atoms with Crippen LogP contribution in [0.3, 0.4) is 0 Å². The molecule has 2 aliphatic carbocycles. The van der Waals surface area contributed by atoms with Gasteiger partial charge in [0.25, 0.3) is 11.8 Å². The van der Waals surface area contributed by atoms with Crippen LogP contribution in [0, 0.1) is 13.8 Å². The van der Waals surface area contributed by atoms with E-state index in [-0.39, 0.29) is 11.8 Å². The molecule has 2 aromatic carbocycles. The summed E-state index contributed by atoms with van der Waals surface area (Å²) in [4.78, 5) is 35.7. The zero-order valence-electron chi connectivity index (χ0n) is 26.4. The molecule has 3 fully saturated rings. The quantitative estimate of drug-likeness (QED) is 0.163. The number of aromatic nitrogens is 2. The van der Waals surface area contributed by atoms with Crippen molar-refractivity contribution in [1.82, 2.24) is 15.3 Å². The summed E-state index contributed by atoms with van der Waals surface area (Å²) in [7, 11) is 0. The fraction of sp³-hybridized carbons (Fsp3) is 0.351. The Bertz CT molecular complexity index is 1810. The lowest BCUT2D eigenvalue weighted by Gasteiger charge is -2.27. The number of anilines is 2. The Morgan fingerprint density at radius 2 is 1.28 bits per heavy atom. The number of amides is 2. The molecule has 0 unspecified atom stereocenters. The van der Waals surface area contributed by atoms with Crippen LogP contribution in [-0.4, -0.2) is 41.0 Å². The van der Waals surface area contributed by atoms with Crippen LogP contribution in [0.15, 0.2) is 60.9 Å². The highest BCUT2D eigenvalue weighted by Gasteiger charge is 2.29. The van der Waals surface area contributed by atoms with E-state index in [4.69, 9.17) is 10.5 Å². The zero-order chi connectivity index (χ0) is 31.8. The van der Waals surface area contributed by atoms with Crippen molar-refractivity contribution >= 4 is 23.2 Å². The van der Waals surface area contributed by atoms with E-state index >= 15 is 0 Å². The molecule has 5 N–H and O–H groups in total. The van der Waals surface area contributed by atoms with Crippen LogP contribution < -0.4 is 21.7 Å². The number of nitrogens with zero attached hydrogens (tertiary/aromatic N) is 2. The van der Waals surface area contributed by atoms with Gasteiger partial charge in [0.2, 0.25) is 0 Å². The molecule has 3 aliphatic rings. The van der Waals surface area contributed by atoms with Gasteiger partial charge in [-0.2, -0.15) is 0 Å². The lowest BCUT2D eigenvalue weighted by molar-refractivity contribution is -0.00582. The highest BCUT2D eigenvalue weighted by molar-refractivity contribution is 6.05. The Morgan fingerprint density at radius 3 is 1.74 bits per heavy atom. The predicted octanol–water partition coefficient (Wildman–Crippen LogP) is 5.97. The first-order valence-electron chi connectivity index (χ1n) is 16.2. The molecule has 4 aromatic rings. The molecule has 236 valence electrons. The van der Waals surface area contributed by atoms with Gasteiger partial charge in [-0.25, -0.2) is 0 Å². The minimum atomic E-state index is -0.250. The summed E-state index contributed by atoms with van der Waals surface area (Å²) in [6.07, 6.45) is 8.10. The average molecular weight is 617 g/mol. The number of hydrogen-bond acceptors (Lipinski definition) is 7. The molecule has 1 aliphatic heterocycles. The van der Waals surface area contributed by atoms with E-state index in [0.29, 0.717) is 41.5 Å². The van der Waals surface area contributed by atoms with Gasteiger partial charge in [0.05, 0.1) is 19.3 Å². The van der Waals surface area contributed by atoms with Crippen LogP contribution in [0.25, 0.3) is 11.1 Å². The van der Waals surface area contributed by atoms with Crippen molar-refractivity contribution < 1.29 is 14.3 Å². The van der Waals surface area contributed by atoms with Crippen molar-refractivity contribution in [3.05, 3.63) is 106 Å². The molecule has 46 heavy (non-hydrogen) atoms. The van der Waals surface area contributed by atoms with E-state index in [1.54, 1.807) is 6.20 Å². The van der Waals surface area contributed by atoms with Gasteiger partial charge >= 0.3 is 0 Å². The van der Waals surface area contributed by atoms with Crippen LogP contribution in [-0.2, 0) is 17.8 Å². The molecule has 0 bridgehead atoms. The van der Waals surface area contributed by atoms with Crippen LogP contribution in [0.2, 0.25) is 0 Å². The number of hydrogen-bond donors (Lipinski definition) is 4. The molecule has 3 heterocycles. The molecule has 0 atom stereocenters. The van der Waals surface area contributed by atoms with Gasteiger partial charge in [0, 0.05) is 36.9 Å². The number of carbonyl (C=O) groups is 2. The molecule has 2 saturated carbocycles. The largest absolute Gasteiger partial charge is 0.378 e. The molecule has 9 heteroatoms. The summed E-state index contributed by atoms with van der Waals surface area (Å²) in [6, 6.07) is 16.0. The number of rotatable bonds is 11. The maximum absolute atomic E-state index is 13.5. The Kier molecular flexibility index (Phi) is 8.38. The second-order valence-electron chi connectivity index (χ2n) is 12.8. The normalized spacial score (nSPS) is 16.2. The molecular weight excluding hydrogens is 576 g/mol. The third-order valence-corrected chi connectivity index (χ3v) is 9.44. The van der Waals surface area contributed by atoms with E-state index in [0.717, 1.165) is 90.1 Å². The maximum atomic E-state index is 13.5. The zero-order valence-corrected chi connectivity index (χ0v) is 26.4. The van der Waals surface area contributed by atoms with Gasteiger partial charge < -0.3 is 26.4 Å². The van der Waals surface area contributed by atoms with Crippen LogP contribution in [0.1, 0.15) is 91.9 Å². The smallest absolute Gasteiger partial charge is 0.274 e. The van der Waals surface area contributed by atoms with Gasteiger partial charge in [-0.1, -0.05) is 24.3 Å². The number of nitrogens with one attached hydrogen (secondary N) is 3. The molecule has 1 saturated heterocycles. The van der Waals surface area contributed by atoms with E-state index < -0.39 is 0 Å². The SMILES string of the molecule is Cc1c(NC(=O)c2cc(C3CC3)c(CN)cn2)cccc1-c1cccc(NC(=O)c2cc(C3CC3)c(CNC3COC3)cn2)c1C. The fourth-order valence-electron chi connectivity index (χ4n) is 6.22. The lowest BCUT2D eigenvalue weighted by Crippen LogP contribution is -2.45. The van der Waals surface area contributed by atoms with Crippen LogP contribution in [0.4, 0.5) is 11.4 Å². The predicted molar refractivity (Wildman–Crippen MR) is 179 cm³/mol. The van der Waals surface area contributed by atoms with Gasteiger partial charge in [-0.05, 0) is 120 Å². The first kappa shape index (κ1) is 30.2. The number of carbonyl (C=O) groups excluding carboxylic acids is 2. The van der Waals surface area contributed by atoms with Gasteiger partial charge in [-0.3, -0.25) is 19.6 Å². The third-order valence-electron chi connectivity index (χ3n) is 9.44. The van der Waals surface area contributed by atoms with Crippen molar-refractivity contribution in [1.29, 1.82) is 0 Å². The molecule has 0 spiro atoms. The van der Waals surface area contributed by atoms with Crippen molar-refractivity contribution in [2.75, 3.05) is 23.8 Å². The number of benzene rings is 2. The third kappa shape index (κ3) is 6.31. The summed E-state index contributed by atoms with van der Waals surface area (Å²) in [6.45, 7) is 6.62. The standard InChI is InChI=1S/C37H40N6O3/c1-21-28(5-3-7-32(21)42-36(44)34-13-30(23-9-10-23)25(15-38)16-40-34)29-6-4-8-33(22(29)2)43-37(45)35-14-31(24-11-12-24)26(18-41-35)17-39-27-19-46-20-27/h3-8,13-14,16,18,23-24,27,39H,9-12,15,17,19-20,38H2,1-2H3,(H,42,44)(H,43,45). The second-order valence-corrected chi connectivity index (χ2v) is 12.8. The minimum absolute atomic E-state index is 0.231. The second kappa shape index (κ2) is 12.7. The molecule has 9 nitrogen and oxygen atoms in total. The van der Waals surface area contributed by atoms with E-state index in [9.17, 15) is 9.59 Å². The van der Waals surface area contributed by atoms with Crippen molar-refractivity contribution in [2.24, 2.45) is 5.73 Å². The van der Waals surface area contributed by atoms with Crippen LogP contribution >= 0.6 is 0 Å². The van der Waals surface area contributed by atoms with Gasteiger partial charge in [0.15, 0.2) is 0 Å². The van der Waals surface area contributed by atoms with E-state index in [2.05, 4.69) is 25.9 Å². The highest BCUT2D eigenvalue weighted by Crippen LogP contribution is 2.43. The summed E-state index contributed by atoms with van der Waals surface area (Å²) in [5.41, 5.74) is 16.5. The average Bonchev–Trinajstić information content (AvgIpc) is 3.96. The topological polar surface area (TPSA) is 131 Å². The lowest BCUT2D eigenvalue weighted by atomic mass is 9.94. The van der Waals surface area contributed by atoms with E-state index in [1.807, 2.05) is 68.6 Å². The summed E-state index contributed by atoms with van der Waals surface area (Å²) in [5.74, 6) is 0.483. The summed E-state index contributed by atoms with van der Waals surface area (Å²) >= 11 is 0. The molecule has 0 radical (unpaired) electrons. The van der Waals surface area contributed by atoms with Crippen molar-refractivity contribution in [3.63, 3.8) is 0 Å². The van der Waals surface area contributed by atoms with Gasteiger partial charge in [-0.15, -0.1) is 0 Å². The first-order valence-corrected chi connectivity index (χ1v) is 16.2. The number of pyridine rings is 2. The van der Waals surface area contributed by atoms with Crippen molar-refractivity contribution in [2.45, 2.75) is 70.5 Å². The molecule has 2 amide bonds. The summed E-state index contributed by atoms with van der Waals surface area (Å²) < 4.78 is 5.28. The highest BCUT2D eigenvalue weighted by atomic mass is 16.5. The van der Waals surface area contributed by atoms with Crippen LogP contribution in [0.5, 0.6) is 0 Å². The number of ether oxygens (including phenoxy) is 1. The van der Waals surface area contributed by atoms with E-state index in [1.165, 1.54) is 5.56 Å². The van der Waals surface area contributed by atoms with Crippen molar-refractivity contribution in [3.8, 4) is 11.1 Å². The Hall–Kier alpha value is -4.44. The first-order chi connectivity index (χ1) is 22.4. The molecule has 7 rings (SSSR count). The van der Waals surface area contributed by atoms with Gasteiger partial charge in [0.1, 0.15) is 11.4 Å². The monoisotopic (exact) mass is 616 g/mol. The number of nitrogens with two attached hydrogens (primary N) is 1. The Labute approximate surface area is 269 Å². The molecular formula is C37H40N6O3. The Morgan fingerprint density at radius 1 is 0.783 bits per heavy atom. The summed E-state index contributed by atoms with van der Waals surface area (Å²) in [5, 5.41) is 9.70. The minimum Gasteiger partial charge on any atom is -0.378 e. The molecule has 2 aromatic heterocycles.